The topological polar surface area (TPSA) is 132 Å². The Bertz CT molecular complexity index is 1260. The van der Waals surface area contributed by atoms with Gasteiger partial charge in [0.2, 0.25) is 6.79 Å². The summed E-state index contributed by atoms with van der Waals surface area (Å²) < 4.78 is 70.5. The lowest BCUT2D eigenvalue weighted by Crippen LogP contribution is -2.46. The summed E-state index contributed by atoms with van der Waals surface area (Å²) in [7, 11) is 1.34. The van der Waals surface area contributed by atoms with Gasteiger partial charge < -0.3 is 33.7 Å². The predicted octanol–water partition coefficient (Wildman–Crippen LogP) is 3.41. The van der Waals surface area contributed by atoms with Gasteiger partial charge in [-0.05, 0) is 18.9 Å². The van der Waals surface area contributed by atoms with Crippen LogP contribution in [0.2, 0.25) is 0 Å². The van der Waals surface area contributed by atoms with Crippen LogP contribution in [0.1, 0.15) is 29.9 Å². The van der Waals surface area contributed by atoms with Crippen molar-refractivity contribution in [1.82, 2.24) is 10.3 Å². The number of ether oxygens (including phenoxy) is 6. The summed E-state index contributed by atoms with van der Waals surface area (Å²) in [6, 6.07) is 9.45. The molecular weight excluding hydrogens is 577 g/mol. The van der Waals surface area contributed by atoms with E-state index in [2.05, 4.69) is 10.3 Å². The van der Waals surface area contributed by atoms with Crippen molar-refractivity contribution in [3.05, 3.63) is 66.0 Å². The Morgan fingerprint density at radius 3 is 2.58 bits per heavy atom. The summed E-state index contributed by atoms with van der Waals surface area (Å²) in [6.45, 7) is 1.60. The highest BCUT2D eigenvalue weighted by atomic mass is 19.4. The molecule has 43 heavy (non-hydrogen) atoms. The summed E-state index contributed by atoms with van der Waals surface area (Å²) in [4.78, 5) is 41.5. The van der Waals surface area contributed by atoms with Crippen LogP contribution in [0.25, 0.3) is 0 Å². The molecule has 1 aliphatic heterocycles. The molecule has 2 aromatic rings. The molecule has 1 aromatic heterocycles. The van der Waals surface area contributed by atoms with Crippen molar-refractivity contribution in [1.29, 1.82) is 0 Å². The van der Waals surface area contributed by atoms with Crippen LogP contribution < -0.4 is 14.8 Å². The number of methoxy groups -OCH3 is 1. The maximum Gasteiger partial charge on any atom is 0.409 e. The fraction of sp³-hybridized carbons (Fsp3) is 0.448. The van der Waals surface area contributed by atoms with E-state index in [1.807, 2.05) is 30.3 Å². The van der Waals surface area contributed by atoms with E-state index in [1.165, 1.54) is 26.3 Å². The van der Waals surface area contributed by atoms with Gasteiger partial charge in [-0.2, -0.15) is 13.2 Å². The average Bonchev–Trinajstić information content (AvgIpc) is 3.00. The monoisotopic (exact) mass is 610 g/mol. The van der Waals surface area contributed by atoms with Crippen molar-refractivity contribution < 1.29 is 56.0 Å². The van der Waals surface area contributed by atoms with Crippen molar-refractivity contribution in [2.24, 2.45) is 5.92 Å². The van der Waals surface area contributed by atoms with Gasteiger partial charge in [0.15, 0.2) is 23.2 Å². The number of alkyl halides is 3. The smallest absolute Gasteiger partial charge is 0.409 e. The standard InChI is InChI=1S/C29H33F3N2O9/c1-18-25(40-13-7-11-29(30,31)32)21(14-20-8-5-4-6-9-20)15-39-16-22(28(37)43-18)34-27(36)24-26(42-17-41-19(2)35)23(38-3)10-12-33-24/h4-12,18,21-22,25H,13-17H2,1-3H3,(H,34,36). The van der Waals surface area contributed by atoms with Crippen LogP contribution in [-0.4, -0.2) is 81.0 Å². The molecule has 1 fully saturated rings. The molecule has 0 bridgehead atoms. The summed E-state index contributed by atoms with van der Waals surface area (Å²) >= 11 is 0. The van der Waals surface area contributed by atoms with Crippen LogP contribution >= 0.6 is 0 Å². The number of nitrogens with one attached hydrogen (secondary N) is 1. The molecule has 2 heterocycles. The molecular formula is C29H33F3N2O9. The number of cyclic esters (lactones) is 1. The molecule has 1 amide bonds. The van der Waals surface area contributed by atoms with Gasteiger partial charge in [-0.15, -0.1) is 0 Å². The highest BCUT2D eigenvalue weighted by Gasteiger charge is 2.36. The summed E-state index contributed by atoms with van der Waals surface area (Å²) in [6.07, 6.45) is -3.63. The van der Waals surface area contributed by atoms with Gasteiger partial charge in [-0.1, -0.05) is 36.4 Å². The maximum absolute atomic E-state index is 13.2. The fourth-order valence-electron chi connectivity index (χ4n) is 4.32. The molecule has 4 atom stereocenters. The van der Waals surface area contributed by atoms with Gasteiger partial charge in [0.25, 0.3) is 5.91 Å². The quantitative estimate of drug-likeness (QED) is 0.229. The number of halogens is 3. The molecule has 4 unspecified atom stereocenters. The molecule has 234 valence electrons. The van der Waals surface area contributed by atoms with Gasteiger partial charge in [0, 0.05) is 31.2 Å². The third kappa shape index (κ3) is 10.6. The first-order chi connectivity index (χ1) is 20.5. The molecule has 14 heteroatoms. The SMILES string of the molecule is COc1ccnc(C(=O)NC2COCC(Cc3ccccc3)C(OCC=CC(F)(F)F)C(C)OC2=O)c1OCOC(C)=O. The Balaban J connectivity index is 1.79. The number of pyridine rings is 1. The number of hydrogen-bond acceptors (Lipinski definition) is 10. The van der Waals surface area contributed by atoms with Gasteiger partial charge in [0.1, 0.15) is 6.10 Å². The molecule has 1 N–H and O–H groups in total. The minimum Gasteiger partial charge on any atom is -0.493 e. The normalized spacial score (nSPS) is 21.2. The Kier molecular flexibility index (Phi) is 12.3. The molecule has 11 nitrogen and oxygen atoms in total. The van der Waals surface area contributed by atoms with Gasteiger partial charge >= 0.3 is 18.1 Å². The second-order valence-corrected chi connectivity index (χ2v) is 9.49. The minimum atomic E-state index is -4.50. The first-order valence-electron chi connectivity index (χ1n) is 13.3. The summed E-state index contributed by atoms with van der Waals surface area (Å²) in [5.74, 6) is -2.72. The molecule has 0 spiro atoms. The van der Waals surface area contributed by atoms with Gasteiger partial charge in [-0.25, -0.2) is 9.78 Å². The van der Waals surface area contributed by atoms with Crippen LogP contribution in [-0.2, 0) is 35.0 Å². The lowest BCUT2D eigenvalue weighted by molar-refractivity contribution is -0.159. The van der Waals surface area contributed by atoms with E-state index in [9.17, 15) is 27.6 Å². The Morgan fingerprint density at radius 1 is 1.16 bits per heavy atom. The highest BCUT2D eigenvalue weighted by molar-refractivity contribution is 5.98. The first kappa shape index (κ1) is 33.3. The second kappa shape index (κ2) is 15.9. The van der Waals surface area contributed by atoms with Gasteiger partial charge in [-0.3, -0.25) is 9.59 Å². The molecule has 1 aliphatic rings. The zero-order chi connectivity index (χ0) is 31.4. The fourth-order valence-corrected chi connectivity index (χ4v) is 4.32. The molecule has 0 aliphatic carbocycles. The zero-order valence-electron chi connectivity index (χ0n) is 23.8. The van der Waals surface area contributed by atoms with E-state index in [4.69, 9.17) is 28.4 Å². The molecule has 0 saturated carbocycles. The highest BCUT2D eigenvalue weighted by Crippen LogP contribution is 2.30. The van der Waals surface area contributed by atoms with E-state index in [0.717, 1.165) is 11.6 Å². The molecule has 3 rings (SSSR count). The predicted molar refractivity (Wildman–Crippen MR) is 144 cm³/mol. The third-order valence-electron chi connectivity index (χ3n) is 6.24. The Labute approximate surface area is 246 Å². The lowest BCUT2D eigenvalue weighted by Gasteiger charge is -2.30. The number of nitrogens with zero attached hydrogens (tertiary/aromatic N) is 1. The number of allylic oxidation sites excluding steroid dienone is 1. The molecule has 0 radical (unpaired) electrons. The van der Waals surface area contributed by atoms with E-state index in [-0.39, 0.29) is 43.1 Å². The summed E-state index contributed by atoms with van der Waals surface area (Å²) in [5.41, 5.74) is 0.662. The molecule has 1 saturated heterocycles. The maximum atomic E-state index is 13.2. The van der Waals surface area contributed by atoms with Crippen molar-refractivity contribution in [3.63, 3.8) is 0 Å². The van der Waals surface area contributed by atoms with E-state index < -0.39 is 55.0 Å². The Hall–Kier alpha value is -4.17. The average molecular weight is 611 g/mol. The van der Waals surface area contributed by atoms with E-state index in [0.29, 0.717) is 6.42 Å². The number of rotatable bonds is 11. The second-order valence-electron chi connectivity index (χ2n) is 9.49. The zero-order valence-corrected chi connectivity index (χ0v) is 23.8. The first-order valence-corrected chi connectivity index (χ1v) is 13.3. The van der Waals surface area contributed by atoms with Gasteiger partial charge in [0.05, 0.1) is 33.0 Å². The third-order valence-corrected chi connectivity index (χ3v) is 6.24. The number of amides is 1. The van der Waals surface area contributed by atoms with E-state index >= 15 is 0 Å². The number of aromatic nitrogens is 1. The number of hydrogen-bond donors (Lipinski definition) is 1. The molecule has 1 aromatic carbocycles. The Morgan fingerprint density at radius 2 is 1.91 bits per heavy atom. The van der Waals surface area contributed by atoms with Crippen LogP contribution in [0.3, 0.4) is 0 Å². The van der Waals surface area contributed by atoms with Crippen molar-refractivity contribution >= 4 is 17.8 Å². The number of esters is 2. The van der Waals surface area contributed by atoms with Crippen LogP contribution in [0.15, 0.2) is 54.7 Å². The summed E-state index contributed by atoms with van der Waals surface area (Å²) in [5, 5.41) is 2.52. The minimum absolute atomic E-state index is 0.0457. The van der Waals surface area contributed by atoms with Crippen molar-refractivity contribution in [2.75, 3.05) is 33.7 Å². The number of carbonyl (C=O) groups is 3. The van der Waals surface area contributed by atoms with Crippen LogP contribution in [0.5, 0.6) is 11.5 Å². The lowest BCUT2D eigenvalue weighted by atomic mass is 9.91. The van der Waals surface area contributed by atoms with Crippen molar-refractivity contribution in [3.8, 4) is 11.5 Å². The van der Waals surface area contributed by atoms with E-state index in [1.54, 1.807) is 6.92 Å². The number of carbonyl (C=O) groups excluding carboxylic acids is 3. The van der Waals surface area contributed by atoms with Crippen LogP contribution in [0.4, 0.5) is 13.2 Å². The van der Waals surface area contributed by atoms with Crippen LogP contribution in [0, 0.1) is 5.92 Å². The largest absolute Gasteiger partial charge is 0.493 e. The number of benzene rings is 1. The van der Waals surface area contributed by atoms with Crippen molar-refractivity contribution in [2.45, 2.75) is 44.7 Å².